The lowest BCUT2D eigenvalue weighted by atomic mass is 10.2. The van der Waals surface area contributed by atoms with Crippen LogP contribution in [-0.2, 0) is 6.18 Å². The van der Waals surface area contributed by atoms with Gasteiger partial charge < -0.3 is 10.6 Å². The van der Waals surface area contributed by atoms with Gasteiger partial charge in [-0.2, -0.15) is 13.2 Å². The molecule has 2 aromatic carbocycles. The quantitative estimate of drug-likeness (QED) is 0.435. The summed E-state index contributed by atoms with van der Waals surface area (Å²) in [5.74, 6) is 0.799. The molecule has 128 valence electrons. The zero-order valence-electron chi connectivity index (χ0n) is 13.0. The molecule has 0 saturated heterocycles. The summed E-state index contributed by atoms with van der Waals surface area (Å²) in [6.07, 6.45) is -4.36. The van der Waals surface area contributed by atoms with Gasteiger partial charge in [-0.05, 0) is 49.5 Å². The lowest BCUT2D eigenvalue weighted by molar-refractivity contribution is -0.137. The number of hydrogen-bond acceptors (Lipinski definition) is 2. The summed E-state index contributed by atoms with van der Waals surface area (Å²) in [4.78, 5) is 1.17. The van der Waals surface area contributed by atoms with Crippen LogP contribution in [0.1, 0.15) is 11.1 Å². The maximum atomic E-state index is 12.7. The number of nitrogens with one attached hydrogen (secondary N) is 2. The number of aryl methyl sites for hydroxylation is 1. The number of hydrogen-bond donors (Lipinski definition) is 2. The summed E-state index contributed by atoms with van der Waals surface area (Å²) in [6, 6.07) is 13.2. The number of benzene rings is 2. The Balaban J connectivity index is 1.76. The van der Waals surface area contributed by atoms with Crippen LogP contribution in [0, 0.1) is 6.92 Å². The van der Waals surface area contributed by atoms with Crippen LogP contribution >= 0.6 is 24.0 Å². The highest BCUT2D eigenvalue weighted by atomic mass is 32.2. The first-order chi connectivity index (χ1) is 11.3. The van der Waals surface area contributed by atoms with Crippen molar-refractivity contribution in [3.8, 4) is 0 Å². The van der Waals surface area contributed by atoms with Crippen molar-refractivity contribution in [1.82, 2.24) is 5.32 Å². The molecule has 0 radical (unpaired) electrons. The molecule has 0 spiro atoms. The van der Waals surface area contributed by atoms with E-state index in [1.807, 2.05) is 6.92 Å². The first-order valence-electron chi connectivity index (χ1n) is 7.26. The third kappa shape index (κ3) is 6.05. The molecule has 24 heavy (non-hydrogen) atoms. The van der Waals surface area contributed by atoms with Gasteiger partial charge in [-0.25, -0.2) is 0 Å². The Bertz CT molecular complexity index is 685. The normalized spacial score (nSPS) is 11.2. The monoisotopic (exact) mass is 370 g/mol. The number of alkyl halides is 3. The van der Waals surface area contributed by atoms with Gasteiger partial charge in [-0.1, -0.05) is 23.8 Å². The number of anilines is 1. The van der Waals surface area contributed by atoms with Gasteiger partial charge in [0.05, 0.1) is 5.56 Å². The SMILES string of the molecule is Cc1ccc(SCCNC(=S)Nc2cccc(C(F)(F)F)c2)cc1. The maximum absolute atomic E-state index is 12.7. The van der Waals surface area contributed by atoms with E-state index in [1.54, 1.807) is 17.8 Å². The molecule has 0 heterocycles. The van der Waals surface area contributed by atoms with E-state index in [0.717, 1.165) is 17.9 Å². The first-order valence-corrected chi connectivity index (χ1v) is 8.65. The van der Waals surface area contributed by atoms with Gasteiger partial charge in [-0.3, -0.25) is 0 Å². The van der Waals surface area contributed by atoms with E-state index in [-0.39, 0.29) is 0 Å². The van der Waals surface area contributed by atoms with Gasteiger partial charge in [0.1, 0.15) is 0 Å². The maximum Gasteiger partial charge on any atom is 0.416 e. The molecular formula is C17H17F3N2S2. The van der Waals surface area contributed by atoms with Crippen molar-refractivity contribution in [1.29, 1.82) is 0 Å². The van der Waals surface area contributed by atoms with Crippen LogP contribution in [-0.4, -0.2) is 17.4 Å². The first kappa shape index (κ1) is 18.6. The highest BCUT2D eigenvalue weighted by Crippen LogP contribution is 2.30. The van der Waals surface area contributed by atoms with Gasteiger partial charge in [0.15, 0.2) is 5.11 Å². The molecule has 0 amide bonds. The van der Waals surface area contributed by atoms with Crippen molar-refractivity contribution >= 4 is 34.8 Å². The van der Waals surface area contributed by atoms with E-state index in [4.69, 9.17) is 12.2 Å². The van der Waals surface area contributed by atoms with Gasteiger partial charge >= 0.3 is 6.18 Å². The highest BCUT2D eigenvalue weighted by molar-refractivity contribution is 7.99. The van der Waals surface area contributed by atoms with Gasteiger partial charge in [-0.15, -0.1) is 11.8 Å². The Morgan fingerprint density at radius 2 is 1.83 bits per heavy atom. The standard InChI is InChI=1S/C17H17F3N2S2/c1-12-5-7-15(8-6-12)24-10-9-21-16(23)22-14-4-2-3-13(11-14)17(18,19)20/h2-8,11H,9-10H2,1H3,(H2,21,22,23). The minimum atomic E-state index is -4.36. The van der Waals surface area contributed by atoms with Crippen LogP contribution in [0.4, 0.5) is 18.9 Å². The third-order valence-corrected chi connectivity index (χ3v) is 4.39. The van der Waals surface area contributed by atoms with Crippen LogP contribution in [0.25, 0.3) is 0 Å². The summed E-state index contributed by atoms with van der Waals surface area (Å²) < 4.78 is 38.0. The Morgan fingerprint density at radius 1 is 1.12 bits per heavy atom. The largest absolute Gasteiger partial charge is 0.416 e. The van der Waals surface area contributed by atoms with E-state index in [9.17, 15) is 13.2 Å². The number of rotatable bonds is 5. The zero-order valence-corrected chi connectivity index (χ0v) is 14.6. The Labute approximate surface area is 148 Å². The molecule has 0 aliphatic heterocycles. The lowest BCUT2D eigenvalue weighted by Gasteiger charge is -2.12. The molecule has 0 aliphatic carbocycles. The smallest absolute Gasteiger partial charge is 0.362 e. The molecule has 0 unspecified atom stereocenters. The van der Waals surface area contributed by atoms with Gasteiger partial charge in [0.25, 0.3) is 0 Å². The lowest BCUT2D eigenvalue weighted by Crippen LogP contribution is -2.30. The summed E-state index contributed by atoms with van der Waals surface area (Å²) >= 11 is 6.79. The van der Waals surface area contributed by atoms with Gasteiger partial charge in [0.2, 0.25) is 0 Å². The fourth-order valence-corrected chi connectivity index (χ4v) is 2.90. The molecule has 0 saturated carbocycles. The average molecular weight is 370 g/mol. The topological polar surface area (TPSA) is 24.1 Å². The fourth-order valence-electron chi connectivity index (χ4n) is 1.92. The van der Waals surface area contributed by atoms with Crippen LogP contribution in [0.15, 0.2) is 53.4 Å². The number of halogens is 3. The number of thioether (sulfide) groups is 1. The van der Waals surface area contributed by atoms with Crippen molar-refractivity contribution in [2.45, 2.75) is 18.0 Å². The van der Waals surface area contributed by atoms with E-state index < -0.39 is 11.7 Å². The molecule has 0 bridgehead atoms. The molecule has 0 aliphatic rings. The summed E-state index contributed by atoms with van der Waals surface area (Å²) in [6.45, 7) is 2.65. The van der Waals surface area contributed by atoms with Crippen molar-refractivity contribution in [2.75, 3.05) is 17.6 Å². The van der Waals surface area contributed by atoms with Crippen molar-refractivity contribution in [3.05, 3.63) is 59.7 Å². The molecule has 2 rings (SSSR count). The van der Waals surface area contributed by atoms with Crippen molar-refractivity contribution < 1.29 is 13.2 Å². The molecule has 0 fully saturated rings. The van der Waals surface area contributed by atoms with Crippen LogP contribution in [0.5, 0.6) is 0 Å². The predicted molar refractivity (Wildman–Crippen MR) is 97.6 cm³/mol. The fraction of sp³-hybridized carbons (Fsp3) is 0.235. The summed E-state index contributed by atoms with van der Waals surface area (Å²) in [5.41, 5.74) is 0.822. The van der Waals surface area contributed by atoms with Crippen LogP contribution in [0.3, 0.4) is 0 Å². The summed E-state index contributed by atoms with van der Waals surface area (Å²) in [7, 11) is 0. The van der Waals surface area contributed by atoms with E-state index in [1.165, 1.54) is 16.5 Å². The third-order valence-electron chi connectivity index (χ3n) is 3.13. The Morgan fingerprint density at radius 3 is 2.50 bits per heavy atom. The van der Waals surface area contributed by atoms with E-state index in [2.05, 4.69) is 34.9 Å². The molecule has 2 N–H and O–H groups in total. The molecule has 0 atom stereocenters. The zero-order chi connectivity index (χ0) is 17.6. The molecule has 2 nitrogen and oxygen atoms in total. The van der Waals surface area contributed by atoms with Gasteiger partial charge in [0, 0.05) is 22.9 Å². The van der Waals surface area contributed by atoms with Crippen LogP contribution < -0.4 is 10.6 Å². The minimum Gasteiger partial charge on any atom is -0.362 e. The molecule has 0 aromatic heterocycles. The second-order valence-corrected chi connectivity index (χ2v) is 6.70. The number of thiocarbonyl (C=S) groups is 1. The second kappa shape index (κ2) is 8.39. The molecular weight excluding hydrogens is 353 g/mol. The van der Waals surface area contributed by atoms with Crippen molar-refractivity contribution in [2.24, 2.45) is 0 Å². The summed E-state index contributed by atoms with van der Waals surface area (Å²) in [5, 5.41) is 6.07. The van der Waals surface area contributed by atoms with E-state index >= 15 is 0 Å². The Hall–Kier alpha value is -1.73. The molecule has 2 aromatic rings. The van der Waals surface area contributed by atoms with Crippen molar-refractivity contribution in [3.63, 3.8) is 0 Å². The predicted octanol–water partition coefficient (Wildman–Crippen LogP) is 5.09. The van der Waals surface area contributed by atoms with Crippen LogP contribution in [0.2, 0.25) is 0 Å². The molecule has 7 heteroatoms. The second-order valence-electron chi connectivity index (χ2n) is 5.12. The highest BCUT2D eigenvalue weighted by Gasteiger charge is 2.30. The minimum absolute atomic E-state index is 0.304. The average Bonchev–Trinajstić information content (AvgIpc) is 2.53. The Kier molecular flexibility index (Phi) is 6.51. The van der Waals surface area contributed by atoms with E-state index in [0.29, 0.717) is 17.3 Å².